The Labute approximate surface area is 645 Å². The molecule has 0 aromatic carbocycles. The van der Waals surface area contributed by atoms with E-state index < -0.39 is 97.5 Å². The van der Waals surface area contributed by atoms with Gasteiger partial charge in [0.15, 0.2) is 12.2 Å². The zero-order valence-corrected chi connectivity index (χ0v) is 68.9. The van der Waals surface area contributed by atoms with Crippen molar-refractivity contribution in [1.29, 1.82) is 0 Å². The van der Waals surface area contributed by atoms with Gasteiger partial charge in [0.05, 0.1) is 26.4 Å². The summed E-state index contributed by atoms with van der Waals surface area (Å²) in [4.78, 5) is 73.2. The number of aliphatic hydroxyl groups excluding tert-OH is 1. The Balaban J connectivity index is 5.36. The summed E-state index contributed by atoms with van der Waals surface area (Å²) in [6.07, 6.45) is 86.2. The van der Waals surface area contributed by atoms with Crippen LogP contribution >= 0.6 is 15.6 Å². The standard InChI is InChI=1S/C87H152O17P2/c1-5-9-13-17-21-25-29-33-36-38-40-42-45-48-51-55-59-63-67-71-84(89)97-77-82(103-86(91)73-69-65-61-57-53-47-32-28-24-20-16-12-8-4)79-101-105(93,94)99-75-81(88)76-100-106(95,96)102-80-83(104-87(92)74-70-66-62-58-54-50-44-35-31-27-23-19-15-11-7-3)78-98-85(90)72-68-64-60-56-52-49-46-43-41-39-37-34-30-26-22-18-14-10-6-2/h11,15,21-23,25-27,33-37,40-44,81-83,88H,5-10,12-14,16-20,24,28-32,38-39,45-80H2,1-4H3,(H,93,94)(H,95,96)/b15-11-,25-21-,26-22-,27-23-,36-33-,37-34-,42-40-,43-41-,44-35-. The van der Waals surface area contributed by atoms with Gasteiger partial charge in [0.25, 0.3) is 0 Å². The van der Waals surface area contributed by atoms with Crippen LogP contribution in [0.3, 0.4) is 0 Å². The third-order valence-electron chi connectivity index (χ3n) is 17.7. The van der Waals surface area contributed by atoms with Crippen LogP contribution < -0.4 is 0 Å². The minimum Gasteiger partial charge on any atom is -0.462 e. The number of hydrogen-bond donors (Lipinski definition) is 3. The fourth-order valence-electron chi connectivity index (χ4n) is 11.3. The highest BCUT2D eigenvalue weighted by Gasteiger charge is 2.30. The molecule has 106 heavy (non-hydrogen) atoms. The number of unbranched alkanes of at least 4 members (excludes halogenated alkanes) is 35. The summed E-state index contributed by atoms with van der Waals surface area (Å²) in [7, 11) is -9.97. The molecule has 0 aliphatic heterocycles. The Hall–Kier alpha value is -4.28. The summed E-state index contributed by atoms with van der Waals surface area (Å²) in [6, 6.07) is 0. The predicted octanol–water partition coefficient (Wildman–Crippen LogP) is 24.9. The van der Waals surface area contributed by atoms with Gasteiger partial charge in [0.1, 0.15) is 19.3 Å². The van der Waals surface area contributed by atoms with Gasteiger partial charge in [-0.1, -0.05) is 310 Å². The lowest BCUT2D eigenvalue weighted by Crippen LogP contribution is -2.30. The van der Waals surface area contributed by atoms with Gasteiger partial charge in [-0.05, 0) is 135 Å². The number of rotatable bonds is 79. The normalized spacial score (nSPS) is 14.4. The largest absolute Gasteiger partial charge is 0.472 e. The first-order valence-corrected chi connectivity index (χ1v) is 45.1. The van der Waals surface area contributed by atoms with E-state index in [9.17, 15) is 43.2 Å². The van der Waals surface area contributed by atoms with Crippen molar-refractivity contribution in [3.63, 3.8) is 0 Å². The maximum absolute atomic E-state index is 13.1. The molecule has 0 bridgehead atoms. The number of phosphoric ester groups is 2. The van der Waals surface area contributed by atoms with E-state index in [1.807, 2.05) is 0 Å². The van der Waals surface area contributed by atoms with Crippen LogP contribution in [0, 0.1) is 0 Å². The quantitative estimate of drug-likeness (QED) is 0.0169. The zero-order chi connectivity index (χ0) is 77.4. The van der Waals surface area contributed by atoms with Crippen molar-refractivity contribution in [2.24, 2.45) is 0 Å². The molecule has 0 amide bonds. The fourth-order valence-corrected chi connectivity index (χ4v) is 12.9. The van der Waals surface area contributed by atoms with Crippen LogP contribution in [-0.2, 0) is 65.4 Å². The van der Waals surface area contributed by atoms with E-state index in [0.29, 0.717) is 25.7 Å². The summed E-state index contributed by atoms with van der Waals surface area (Å²) in [6.45, 7) is 4.71. The second kappa shape index (κ2) is 78.8. The molecule has 17 nitrogen and oxygen atoms in total. The van der Waals surface area contributed by atoms with Crippen molar-refractivity contribution in [2.45, 2.75) is 380 Å². The molecule has 19 heteroatoms. The third kappa shape index (κ3) is 77.9. The number of allylic oxidation sites excluding steroid dienone is 18. The summed E-state index contributed by atoms with van der Waals surface area (Å²) in [5.74, 6) is -2.20. The van der Waals surface area contributed by atoms with Gasteiger partial charge in [-0.25, -0.2) is 9.13 Å². The Morgan fingerprint density at radius 2 is 0.491 bits per heavy atom. The number of hydrogen-bond acceptors (Lipinski definition) is 15. The molecule has 0 heterocycles. The number of carbonyl (C=O) groups is 4. The van der Waals surface area contributed by atoms with E-state index in [2.05, 4.69) is 137 Å². The molecule has 0 saturated carbocycles. The minimum atomic E-state index is -4.99. The third-order valence-corrected chi connectivity index (χ3v) is 19.6. The zero-order valence-electron chi connectivity index (χ0n) is 67.1. The van der Waals surface area contributed by atoms with Crippen molar-refractivity contribution in [3.8, 4) is 0 Å². The maximum atomic E-state index is 13.1. The second-order valence-electron chi connectivity index (χ2n) is 28.0. The molecule has 0 aromatic rings. The topological polar surface area (TPSA) is 237 Å². The molecule has 0 aromatic heterocycles. The first-order valence-electron chi connectivity index (χ1n) is 42.1. The number of aliphatic hydroxyl groups is 1. The van der Waals surface area contributed by atoms with Gasteiger partial charge < -0.3 is 33.8 Å². The van der Waals surface area contributed by atoms with E-state index in [1.165, 1.54) is 89.9 Å². The average molecular weight is 1530 g/mol. The molecule has 0 saturated heterocycles. The van der Waals surface area contributed by atoms with E-state index in [-0.39, 0.29) is 25.7 Å². The molecule has 5 unspecified atom stereocenters. The Kier molecular flexibility index (Phi) is 75.6. The molecule has 0 aliphatic carbocycles. The monoisotopic (exact) mass is 1530 g/mol. The first kappa shape index (κ1) is 102. The Morgan fingerprint density at radius 1 is 0.274 bits per heavy atom. The lowest BCUT2D eigenvalue weighted by atomic mass is 10.0. The smallest absolute Gasteiger partial charge is 0.462 e. The highest BCUT2D eigenvalue weighted by atomic mass is 31.2. The molecule has 5 atom stereocenters. The van der Waals surface area contributed by atoms with Crippen LogP contribution in [0.15, 0.2) is 109 Å². The summed E-state index contributed by atoms with van der Waals surface area (Å²) in [5.41, 5.74) is 0. The van der Waals surface area contributed by atoms with Crippen LogP contribution in [0.1, 0.15) is 362 Å². The maximum Gasteiger partial charge on any atom is 0.472 e. The van der Waals surface area contributed by atoms with Crippen molar-refractivity contribution in [1.82, 2.24) is 0 Å². The van der Waals surface area contributed by atoms with Crippen LogP contribution in [0.2, 0.25) is 0 Å². The lowest BCUT2D eigenvalue weighted by molar-refractivity contribution is -0.161. The summed E-state index contributed by atoms with van der Waals surface area (Å²) < 4.78 is 68.7. The highest BCUT2D eigenvalue weighted by Crippen LogP contribution is 2.45. The van der Waals surface area contributed by atoms with Crippen LogP contribution in [0.5, 0.6) is 0 Å². The van der Waals surface area contributed by atoms with Crippen molar-refractivity contribution in [2.75, 3.05) is 39.6 Å². The number of carbonyl (C=O) groups excluding carboxylic acids is 4. The molecule has 3 N–H and O–H groups in total. The molecule has 0 aliphatic rings. The van der Waals surface area contributed by atoms with E-state index in [1.54, 1.807) is 0 Å². The van der Waals surface area contributed by atoms with Gasteiger partial charge in [-0.15, -0.1) is 0 Å². The fraction of sp³-hybridized carbons (Fsp3) is 0.747. The van der Waals surface area contributed by atoms with Crippen LogP contribution in [0.4, 0.5) is 0 Å². The van der Waals surface area contributed by atoms with Gasteiger partial charge in [-0.3, -0.25) is 37.3 Å². The van der Waals surface area contributed by atoms with E-state index in [4.69, 9.17) is 37.0 Å². The molecule has 0 radical (unpaired) electrons. The lowest BCUT2D eigenvalue weighted by Gasteiger charge is -2.21. The molecule has 0 fully saturated rings. The second-order valence-corrected chi connectivity index (χ2v) is 30.9. The number of ether oxygens (including phenoxy) is 4. The first-order chi connectivity index (χ1) is 51.7. The van der Waals surface area contributed by atoms with Gasteiger partial charge in [0, 0.05) is 25.7 Å². The highest BCUT2D eigenvalue weighted by molar-refractivity contribution is 7.47. The Bertz CT molecular complexity index is 2430. The SMILES string of the molecule is CC/C=C\C/C=C\C/C=C\CCCCCCCC(=O)OC(COC(=O)CCCCCCCC/C=C\C/C=C\C/C=C\CCCCC)COP(=O)(O)OCC(O)COP(=O)(O)OCC(COC(=O)CCCCCCCC/C=C\C/C=C\C/C=C\CCCCC)OC(=O)CCCCCCCCCCCCCCC. The molecule has 0 spiro atoms. The van der Waals surface area contributed by atoms with Crippen LogP contribution in [0.25, 0.3) is 0 Å². The summed E-state index contributed by atoms with van der Waals surface area (Å²) >= 11 is 0. The van der Waals surface area contributed by atoms with Crippen LogP contribution in [-0.4, -0.2) is 96.7 Å². The van der Waals surface area contributed by atoms with Crippen molar-refractivity contribution < 1.29 is 80.2 Å². The average Bonchev–Trinajstić information content (AvgIpc) is 0.903. The van der Waals surface area contributed by atoms with Gasteiger partial charge in [-0.2, -0.15) is 0 Å². The predicted molar refractivity (Wildman–Crippen MR) is 436 cm³/mol. The van der Waals surface area contributed by atoms with Gasteiger partial charge in [0.2, 0.25) is 0 Å². The molecular formula is C87H152O17P2. The van der Waals surface area contributed by atoms with E-state index >= 15 is 0 Å². The minimum absolute atomic E-state index is 0.0718. The summed E-state index contributed by atoms with van der Waals surface area (Å²) in [5, 5.41) is 10.7. The van der Waals surface area contributed by atoms with Crippen molar-refractivity contribution >= 4 is 39.5 Å². The number of esters is 4. The number of phosphoric acid groups is 2. The van der Waals surface area contributed by atoms with Gasteiger partial charge >= 0.3 is 39.5 Å². The molecule has 0 rings (SSSR count). The Morgan fingerprint density at radius 3 is 0.774 bits per heavy atom. The van der Waals surface area contributed by atoms with Crippen molar-refractivity contribution in [3.05, 3.63) is 109 Å². The van der Waals surface area contributed by atoms with E-state index in [0.717, 1.165) is 193 Å². The molecular weight excluding hydrogens is 1380 g/mol. The molecule has 612 valence electrons.